The van der Waals surface area contributed by atoms with E-state index in [-0.39, 0.29) is 22.9 Å². The minimum atomic E-state index is -4.47. The summed E-state index contributed by atoms with van der Waals surface area (Å²) in [6, 6.07) is 9.15. The maximum absolute atomic E-state index is 12.6. The molecule has 0 unspecified atom stereocenters. The van der Waals surface area contributed by atoms with Gasteiger partial charge in [0.05, 0.1) is 17.6 Å². The van der Waals surface area contributed by atoms with Crippen LogP contribution in [0.4, 0.5) is 13.2 Å². The summed E-state index contributed by atoms with van der Waals surface area (Å²) in [5, 5.41) is 12.4. The number of alkyl halides is 3. The number of aromatic hydroxyl groups is 1. The van der Waals surface area contributed by atoms with Crippen LogP contribution < -0.4 is 14.9 Å². The van der Waals surface area contributed by atoms with Gasteiger partial charge in [-0.15, -0.1) is 0 Å². The SMILES string of the molecule is COc1ccc(Cc2sc(=O)[nH]c2O)cc1CNC(=O)c1ccc(C(F)(F)F)cc1. The molecule has 1 amide bonds. The molecule has 0 saturated heterocycles. The average molecular weight is 438 g/mol. The first-order chi connectivity index (χ1) is 14.2. The monoisotopic (exact) mass is 438 g/mol. The lowest BCUT2D eigenvalue weighted by Crippen LogP contribution is -2.23. The molecule has 0 atom stereocenters. The molecule has 0 spiro atoms. The smallest absolute Gasteiger partial charge is 0.416 e. The van der Waals surface area contributed by atoms with Crippen LogP contribution in [0.2, 0.25) is 0 Å². The lowest BCUT2D eigenvalue weighted by Gasteiger charge is -2.12. The first-order valence-corrected chi connectivity index (χ1v) is 9.51. The van der Waals surface area contributed by atoms with Gasteiger partial charge < -0.3 is 15.2 Å². The van der Waals surface area contributed by atoms with Gasteiger partial charge in [-0.1, -0.05) is 17.4 Å². The van der Waals surface area contributed by atoms with Gasteiger partial charge in [-0.25, -0.2) is 0 Å². The number of hydrogen-bond donors (Lipinski definition) is 3. The Morgan fingerprint density at radius 3 is 2.47 bits per heavy atom. The summed E-state index contributed by atoms with van der Waals surface area (Å²) in [6.45, 7) is 0.0756. The number of benzene rings is 2. The van der Waals surface area contributed by atoms with Crippen LogP contribution in [0.1, 0.15) is 31.9 Å². The Hall–Kier alpha value is -3.27. The van der Waals surface area contributed by atoms with Crippen molar-refractivity contribution in [3.05, 3.63) is 79.3 Å². The van der Waals surface area contributed by atoms with Gasteiger partial charge in [0.2, 0.25) is 5.88 Å². The van der Waals surface area contributed by atoms with Crippen LogP contribution in [0, 0.1) is 0 Å². The molecule has 30 heavy (non-hydrogen) atoms. The molecule has 0 fully saturated rings. The van der Waals surface area contributed by atoms with Crippen LogP contribution in [0.5, 0.6) is 11.6 Å². The van der Waals surface area contributed by atoms with Crippen molar-refractivity contribution in [2.45, 2.75) is 19.1 Å². The fourth-order valence-corrected chi connectivity index (χ4v) is 3.58. The Bertz CT molecular complexity index is 1100. The Kier molecular flexibility index (Phi) is 6.16. The number of hydrogen-bond acceptors (Lipinski definition) is 5. The number of methoxy groups -OCH3 is 1. The highest BCUT2D eigenvalue weighted by Gasteiger charge is 2.30. The number of H-pyrrole nitrogens is 1. The molecule has 0 bridgehead atoms. The molecule has 0 saturated carbocycles. The number of halogens is 3. The fourth-order valence-electron chi connectivity index (χ4n) is 2.83. The lowest BCUT2D eigenvalue weighted by atomic mass is 10.1. The molecular formula is C20H17F3N2O4S. The van der Waals surface area contributed by atoms with Crippen molar-refractivity contribution in [2.24, 2.45) is 0 Å². The molecule has 0 aliphatic rings. The molecule has 0 radical (unpaired) electrons. The van der Waals surface area contributed by atoms with Crippen LogP contribution in [-0.4, -0.2) is 23.1 Å². The molecule has 3 rings (SSSR count). The summed E-state index contributed by atoms with van der Waals surface area (Å²) in [6.07, 6.45) is -4.16. The number of rotatable bonds is 6. The van der Waals surface area contributed by atoms with E-state index in [4.69, 9.17) is 4.74 Å². The standard InChI is InChI=1S/C20H17F3N2O4S/c1-29-15-7-2-11(9-16-18(27)25-19(28)30-16)8-13(15)10-24-17(26)12-3-5-14(6-4-12)20(21,22)23/h2-8,27H,9-10H2,1H3,(H,24,26)(H,25,28). The first-order valence-electron chi connectivity index (χ1n) is 8.69. The van der Waals surface area contributed by atoms with E-state index < -0.39 is 17.6 Å². The van der Waals surface area contributed by atoms with E-state index in [9.17, 15) is 27.9 Å². The maximum atomic E-state index is 12.6. The van der Waals surface area contributed by atoms with E-state index >= 15 is 0 Å². The highest BCUT2D eigenvalue weighted by Crippen LogP contribution is 2.29. The second kappa shape index (κ2) is 8.62. The van der Waals surface area contributed by atoms with Crippen LogP contribution in [0.15, 0.2) is 47.3 Å². The highest BCUT2D eigenvalue weighted by molar-refractivity contribution is 7.09. The van der Waals surface area contributed by atoms with Crippen molar-refractivity contribution in [1.29, 1.82) is 0 Å². The van der Waals surface area contributed by atoms with E-state index in [1.165, 1.54) is 7.11 Å². The van der Waals surface area contributed by atoms with Gasteiger partial charge in [-0.2, -0.15) is 13.2 Å². The highest BCUT2D eigenvalue weighted by atomic mass is 32.1. The average Bonchev–Trinajstić information content (AvgIpc) is 3.02. The number of ether oxygens (including phenoxy) is 1. The van der Waals surface area contributed by atoms with Gasteiger partial charge in [-0.3, -0.25) is 14.6 Å². The summed E-state index contributed by atoms with van der Waals surface area (Å²) >= 11 is 0.901. The summed E-state index contributed by atoms with van der Waals surface area (Å²) in [5.41, 5.74) is 0.682. The normalized spacial score (nSPS) is 11.3. The largest absolute Gasteiger partial charge is 0.496 e. The summed E-state index contributed by atoms with van der Waals surface area (Å²) < 4.78 is 43.2. The van der Waals surface area contributed by atoms with Crippen molar-refractivity contribution >= 4 is 17.2 Å². The number of thiazole rings is 1. The number of amides is 1. The summed E-state index contributed by atoms with van der Waals surface area (Å²) in [7, 11) is 1.47. The van der Waals surface area contributed by atoms with E-state index in [2.05, 4.69) is 10.3 Å². The Labute approximate surface area is 173 Å². The third-order valence-electron chi connectivity index (χ3n) is 4.32. The molecule has 1 aromatic heterocycles. The van der Waals surface area contributed by atoms with Crippen molar-refractivity contribution in [3.63, 3.8) is 0 Å². The third-order valence-corrected chi connectivity index (χ3v) is 5.20. The molecule has 0 aliphatic heterocycles. The van der Waals surface area contributed by atoms with Gasteiger partial charge in [-0.05, 0) is 42.0 Å². The maximum Gasteiger partial charge on any atom is 0.416 e. The molecule has 6 nitrogen and oxygen atoms in total. The minimum absolute atomic E-state index is 0.0756. The molecule has 1 heterocycles. The molecule has 3 N–H and O–H groups in total. The van der Waals surface area contributed by atoms with E-state index in [1.807, 2.05) is 0 Å². The zero-order chi connectivity index (χ0) is 21.9. The van der Waals surface area contributed by atoms with E-state index in [1.54, 1.807) is 18.2 Å². The zero-order valence-corrected chi connectivity index (χ0v) is 16.5. The number of nitrogens with one attached hydrogen (secondary N) is 2. The number of aromatic amines is 1. The van der Waals surface area contributed by atoms with E-state index in [0.717, 1.165) is 41.2 Å². The fraction of sp³-hybridized carbons (Fsp3) is 0.200. The second-order valence-electron chi connectivity index (χ2n) is 6.37. The van der Waals surface area contributed by atoms with E-state index in [0.29, 0.717) is 22.6 Å². The van der Waals surface area contributed by atoms with Gasteiger partial charge in [0.1, 0.15) is 5.75 Å². The molecule has 3 aromatic rings. The van der Waals surface area contributed by atoms with Crippen molar-refractivity contribution < 1.29 is 27.8 Å². The van der Waals surface area contributed by atoms with Crippen LogP contribution in [0.3, 0.4) is 0 Å². The zero-order valence-electron chi connectivity index (χ0n) is 15.7. The van der Waals surface area contributed by atoms with Crippen molar-refractivity contribution in [1.82, 2.24) is 10.3 Å². The van der Waals surface area contributed by atoms with Crippen molar-refractivity contribution in [2.75, 3.05) is 7.11 Å². The topological polar surface area (TPSA) is 91.4 Å². The molecule has 0 aliphatic carbocycles. The van der Waals surface area contributed by atoms with Crippen LogP contribution >= 0.6 is 11.3 Å². The minimum Gasteiger partial charge on any atom is -0.496 e. The van der Waals surface area contributed by atoms with Gasteiger partial charge in [0.15, 0.2) is 0 Å². The number of carbonyl (C=O) groups is 1. The summed E-state index contributed by atoms with van der Waals surface area (Å²) in [4.78, 5) is 26.0. The number of carbonyl (C=O) groups excluding carboxylic acids is 1. The van der Waals surface area contributed by atoms with Gasteiger partial charge >= 0.3 is 11.0 Å². The van der Waals surface area contributed by atoms with Crippen molar-refractivity contribution in [3.8, 4) is 11.6 Å². The predicted octanol–water partition coefficient (Wildman–Crippen LogP) is 3.69. The Morgan fingerprint density at radius 1 is 1.20 bits per heavy atom. The molecule has 158 valence electrons. The quantitative estimate of drug-likeness (QED) is 0.548. The van der Waals surface area contributed by atoms with Gasteiger partial charge in [0, 0.05) is 24.1 Å². The third kappa shape index (κ3) is 5.01. The molecule has 2 aromatic carbocycles. The number of aromatic nitrogens is 1. The second-order valence-corrected chi connectivity index (χ2v) is 7.43. The molecular weight excluding hydrogens is 421 g/mol. The lowest BCUT2D eigenvalue weighted by molar-refractivity contribution is -0.137. The Morgan fingerprint density at radius 2 is 1.90 bits per heavy atom. The predicted molar refractivity (Wildman–Crippen MR) is 105 cm³/mol. The molecule has 10 heteroatoms. The van der Waals surface area contributed by atoms with Crippen LogP contribution in [-0.2, 0) is 19.1 Å². The van der Waals surface area contributed by atoms with Gasteiger partial charge in [0.25, 0.3) is 5.91 Å². The Balaban J connectivity index is 1.72. The van der Waals surface area contributed by atoms with Crippen LogP contribution in [0.25, 0.3) is 0 Å². The first kappa shape index (κ1) is 21.4. The summed E-state index contributed by atoms with van der Waals surface area (Å²) in [5.74, 6) is -0.200.